The van der Waals surface area contributed by atoms with E-state index in [1.54, 1.807) is 14.2 Å². The molecule has 0 N–H and O–H groups in total. The Labute approximate surface area is 154 Å². The molecule has 2 aliphatic rings. The lowest BCUT2D eigenvalue weighted by Crippen LogP contribution is -2.21. The van der Waals surface area contributed by atoms with Gasteiger partial charge in [0.15, 0.2) is 11.5 Å². The van der Waals surface area contributed by atoms with Gasteiger partial charge in [0.25, 0.3) is 0 Å². The average Bonchev–Trinajstić information content (AvgIpc) is 3.09. The SMILES string of the molecule is COc1c2c(c(OC)c3c1OCO3)C(c1ccc(Br)cc1)=N[C@H](C)C2. The molecule has 25 heavy (non-hydrogen) atoms. The lowest BCUT2D eigenvalue weighted by atomic mass is 9.88. The lowest BCUT2D eigenvalue weighted by molar-refractivity contribution is 0.168. The molecule has 2 aliphatic heterocycles. The minimum absolute atomic E-state index is 0.130. The van der Waals surface area contributed by atoms with Crippen molar-refractivity contribution in [3.8, 4) is 23.0 Å². The minimum atomic E-state index is 0.130. The van der Waals surface area contributed by atoms with Crippen LogP contribution in [0.3, 0.4) is 0 Å². The van der Waals surface area contributed by atoms with Crippen LogP contribution in [0, 0.1) is 0 Å². The Hall–Kier alpha value is -2.21. The van der Waals surface area contributed by atoms with Gasteiger partial charge < -0.3 is 18.9 Å². The third kappa shape index (κ3) is 2.56. The maximum Gasteiger partial charge on any atom is 0.231 e. The highest BCUT2D eigenvalue weighted by atomic mass is 79.9. The lowest BCUT2D eigenvalue weighted by Gasteiger charge is -2.26. The van der Waals surface area contributed by atoms with E-state index in [-0.39, 0.29) is 12.8 Å². The molecule has 4 rings (SSSR count). The highest BCUT2D eigenvalue weighted by Gasteiger charge is 2.36. The largest absolute Gasteiger partial charge is 0.492 e. The molecule has 2 heterocycles. The molecular weight excluding hydrogens is 386 g/mol. The molecule has 130 valence electrons. The summed E-state index contributed by atoms with van der Waals surface area (Å²) in [5.74, 6) is 2.55. The van der Waals surface area contributed by atoms with Crippen molar-refractivity contribution in [3.05, 3.63) is 45.4 Å². The summed E-state index contributed by atoms with van der Waals surface area (Å²) in [7, 11) is 3.29. The molecule has 0 radical (unpaired) electrons. The molecule has 0 unspecified atom stereocenters. The van der Waals surface area contributed by atoms with Gasteiger partial charge in [-0.2, -0.15) is 0 Å². The van der Waals surface area contributed by atoms with E-state index in [9.17, 15) is 0 Å². The number of rotatable bonds is 3. The Kier molecular flexibility index (Phi) is 4.07. The Morgan fingerprint density at radius 3 is 2.32 bits per heavy atom. The van der Waals surface area contributed by atoms with Gasteiger partial charge in [-0.25, -0.2) is 0 Å². The molecule has 1 atom stereocenters. The van der Waals surface area contributed by atoms with E-state index < -0.39 is 0 Å². The number of fused-ring (bicyclic) bond motifs is 2. The Bertz CT molecular complexity index is 861. The van der Waals surface area contributed by atoms with Crippen LogP contribution in [-0.2, 0) is 6.42 Å². The van der Waals surface area contributed by atoms with Gasteiger partial charge in [-0.15, -0.1) is 0 Å². The van der Waals surface area contributed by atoms with Crippen LogP contribution >= 0.6 is 15.9 Å². The number of hydrogen-bond donors (Lipinski definition) is 0. The molecule has 0 fully saturated rings. The second-order valence-electron chi connectivity index (χ2n) is 6.02. The summed E-state index contributed by atoms with van der Waals surface area (Å²) in [6, 6.07) is 8.23. The van der Waals surface area contributed by atoms with Gasteiger partial charge in [0, 0.05) is 15.6 Å². The highest BCUT2D eigenvalue weighted by molar-refractivity contribution is 9.10. The van der Waals surface area contributed by atoms with E-state index >= 15 is 0 Å². The minimum Gasteiger partial charge on any atom is -0.492 e. The van der Waals surface area contributed by atoms with Crippen LogP contribution in [0.5, 0.6) is 23.0 Å². The number of hydrogen-bond acceptors (Lipinski definition) is 5. The molecule has 5 nitrogen and oxygen atoms in total. The van der Waals surface area contributed by atoms with Crippen molar-refractivity contribution in [1.82, 2.24) is 0 Å². The number of ether oxygens (including phenoxy) is 4. The molecule has 0 saturated heterocycles. The number of nitrogens with zero attached hydrogens (tertiary/aromatic N) is 1. The molecule has 0 saturated carbocycles. The fourth-order valence-electron chi connectivity index (χ4n) is 3.43. The smallest absolute Gasteiger partial charge is 0.231 e. The van der Waals surface area contributed by atoms with Crippen LogP contribution < -0.4 is 18.9 Å². The first-order valence-electron chi connectivity index (χ1n) is 8.04. The molecule has 2 aromatic carbocycles. The Morgan fingerprint density at radius 2 is 1.68 bits per heavy atom. The number of methoxy groups -OCH3 is 2. The summed E-state index contributed by atoms with van der Waals surface area (Å²) < 4.78 is 23.7. The molecule has 6 heteroatoms. The van der Waals surface area contributed by atoms with E-state index in [2.05, 4.69) is 22.9 Å². The highest BCUT2D eigenvalue weighted by Crippen LogP contribution is 2.53. The predicted molar refractivity (Wildman–Crippen MR) is 98.6 cm³/mol. The van der Waals surface area contributed by atoms with Crippen LogP contribution in [0.4, 0.5) is 0 Å². The monoisotopic (exact) mass is 403 g/mol. The number of aliphatic imine (C=N–C) groups is 1. The average molecular weight is 404 g/mol. The summed E-state index contributed by atoms with van der Waals surface area (Å²) in [6.45, 7) is 2.25. The van der Waals surface area contributed by atoms with Gasteiger partial charge in [-0.1, -0.05) is 28.1 Å². The van der Waals surface area contributed by atoms with E-state index in [0.29, 0.717) is 23.0 Å². The fraction of sp³-hybridized carbons (Fsp3) is 0.316. The predicted octanol–water partition coefficient (Wildman–Crippen LogP) is 3.98. The number of benzene rings is 2. The van der Waals surface area contributed by atoms with Gasteiger partial charge in [-0.05, 0) is 25.5 Å². The summed E-state index contributed by atoms with van der Waals surface area (Å²) in [5, 5.41) is 0. The van der Waals surface area contributed by atoms with Crippen molar-refractivity contribution in [2.45, 2.75) is 19.4 Å². The van der Waals surface area contributed by atoms with Crippen LogP contribution in [-0.4, -0.2) is 32.8 Å². The standard InChI is InChI=1S/C19H18BrNO4/c1-10-8-13-14(15(21-10)11-4-6-12(20)7-5-11)17(23-3)19-18(16(13)22-2)24-9-25-19/h4-7,10H,8-9H2,1-3H3/t10-/m1/s1. The molecule has 0 bridgehead atoms. The molecular formula is C19H18BrNO4. The second-order valence-corrected chi connectivity index (χ2v) is 6.94. The van der Waals surface area contributed by atoms with E-state index in [4.69, 9.17) is 23.9 Å². The molecule has 0 aliphatic carbocycles. The van der Waals surface area contributed by atoms with Gasteiger partial charge in [0.05, 0.1) is 31.5 Å². The summed E-state index contributed by atoms with van der Waals surface area (Å²) in [5.41, 5.74) is 3.87. The van der Waals surface area contributed by atoms with Crippen LogP contribution in [0.2, 0.25) is 0 Å². The van der Waals surface area contributed by atoms with Crippen molar-refractivity contribution < 1.29 is 18.9 Å². The topological polar surface area (TPSA) is 49.3 Å². The fourth-order valence-corrected chi connectivity index (χ4v) is 3.69. The third-order valence-corrected chi connectivity index (χ3v) is 4.97. The van der Waals surface area contributed by atoms with Crippen molar-refractivity contribution in [2.24, 2.45) is 4.99 Å². The van der Waals surface area contributed by atoms with E-state index in [1.165, 1.54) is 0 Å². The van der Waals surface area contributed by atoms with Crippen LogP contribution in [0.1, 0.15) is 23.6 Å². The zero-order valence-corrected chi connectivity index (χ0v) is 15.8. The quantitative estimate of drug-likeness (QED) is 0.777. The second kappa shape index (κ2) is 6.26. The Morgan fingerprint density at radius 1 is 1.04 bits per heavy atom. The normalized spacial score (nSPS) is 17.8. The number of halogens is 1. The third-order valence-electron chi connectivity index (χ3n) is 4.44. The zero-order chi connectivity index (χ0) is 17.6. The molecule has 2 aromatic rings. The van der Waals surface area contributed by atoms with Gasteiger partial charge >= 0.3 is 0 Å². The van der Waals surface area contributed by atoms with Gasteiger partial charge in [-0.3, -0.25) is 4.99 Å². The molecule has 0 amide bonds. The van der Waals surface area contributed by atoms with E-state index in [1.807, 2.05) is 24.3 Å². The first kappa shape index (κ1) is 16.3. The van der Waals surface area contributed by atoms with Gasteiger partial charge in [0.2, 0.25) is 18.3 Å². The van der Waals surface area contributed by atoms with Crippen molar-refractivity contribution in [3.63, 3.8) is 0 Å². The van der Waals surface area contributed by atoms with E-state index in [0.717, 1.165) is 33.3 Å². The zero-order valence-electron chi connectivity index (χ0n) is 14.3. The summed E-state index contributed by atoms with van der Waals surface area (Å²) in [4.78, 5) is 4.90. The first-order chi connectivity index (χ1) is 12.1. The summed E-state index contributed by atoms with van der Waals surface area (Å²) in [6.07, 6.45) is 0.755. The summed E-state index contributed by atoms with van der Waals surface area (Å²) >= 11 is 3.48. The Balaban J connectivity index is 2.01. The van der Waals surface area contributed by atoms with Crippen LogP contribution in [0.15, 0.2) is 33.7 Å². The maximum atomic E-state index is 5.72. The molecule has 0 aromatic heterocycles. The van der Waals surface area contributed by atoms with Gasteiger partial charge in [0.1, 0.15) is 0 Å². The van der Waals surface area contributed by atoms with Crippen molar-refractivity contribution in [2.75, 3.05) is 21.0 Å². The van der Waals surface area contributed by atoms with Crippen molar-refractivity contribution >= 4 is 21.6 Å². The maximum absolute atomic E-state index is 5.72. The molecule has 0 spiro atoms. The van der Waals surface area contributed by atoms with Crippen LogP contribution in [0.25, 0.3) is 0 Å². The first-order valence-corrected chi connectivity index (χ1v) is 8.83. The van der Waals surface area contributed by atoms with Crippen molar-refractivity contribution in [1.29, 1.82) is 0 Å².